The van der Waals surface area contributed by atoms with Crippen LogP contribution in [0.4, 0.5) is 0 Å². The average molecular weight is 624 g/mol. The molecule has 0 saturated carbocycles. The van der Waals surface area contributed by atoms with Crippen LogP contribution in [-0.4, -0.2) is 11.9 Å². The smallest absolute Gasteiger partial charge is 0.363 e. The van der Waals surface area contributed by atoms with Gasteiger partial charge in [0.05, 0.1) is 8.95 Å². The summed E-state index contributed by atoms with van der Waals surface area (Å²) in [6.07, 6.45) is 1.69. The molecule has 0 amide bonds. The summed E-state index contributed by atoms with van der Waals surface area (Å²) in [4.78, 5) is 16.9. The van der Waals surface area contributed by atoms with Crippen molar-refractivity contribution in [2.45, 2.75) is 6.61 Å². The van der Waals surface area contributed by atoms with Crippen molar-refractivity contribution in [3.8, 4) is 16.9 Å². The molecule has 0 radical (unpaired) electrons. The lowest BCUT2D eigenvalue weighted by atomic mass is 10.0. The van der Waals surface area contributed by atoms with E-state index in [0.717, 1.165) is 36.8 Å². The molecular weight excluding hydrogens is 606 g/mol. The average Bonchev–Trinajstić information content (AvgIpc) is 3.25. The van der Waals surface area contributed by atoms with Crippen molar-refractivity contribution in [3.05, 3.63) is 127 Å². The van der Waals surface area contributed by atoms with E-state index in [4.69, 9.17) is 21.1 Å². The highest BCUT2D eigenvalue weighted by atomic mass is 79.9. The van der Waals surface area contributed by atoms with Crippen LogP contribution in [0.25, 0.3) is 17.2 Å². The standard InChI is InChI=1S/C29H18Br2ClNO3/c30-24-14-19(15-25(31)27(24)35-17-18-6-12-23(32)13-7-18)16-26-29(34)36-28(33-26)22-10-8-21(9-11-22)20-4-2-1-3-5-20/h1-16H,17H2/b26-16-. The molecule has 0 spiro atoms. The van der Waals surface area contributed by atoms with Gasteiger partial charge >= 0.3 is 5.97 Å². The number of nitrogens with zero attached hydrogens (tertiary/aromatic N) is 1. The third-order valence-electron chi connectivity index (χ3n) is 5.48. The second-order valence-electron chi connectivity index (χ2n) is 8.01. The van der Waals surface area contributed by atoms with Crippen LogP contribution >= 0.6 is 43.5 Å². The van der Waals surface area contributed by atoms with E-state index < -0.39 is 5.97 Å². The number of carbonyl (C=O) groups excluding carboxylic acids is 1. The lowest BCUT2D eigenvalue weighted by Gasteiger charge is -2.11. The Bertz CT molecular complexity index is 1460. The maximum atomic E-state index is 12.5. The zero-order valence-corrected chi connectivity index (χ0v) is 22.7. The first-order valence-corrected chi connectivity index (χ1v) is 13.0. The summed E-state index contributed by atoms with van der Waals surface area (Å²) >= 11 is 13.1. The van der Waals surface area contributed by atoms with E-state index in [1.165, 1.54) is 0 Å². The fourth-order valence-corrected chi connectivity index (χ4v) is 5.24. The normalized spacial score (nSPS) is 14.0. The van der Waals surface area contributed by atoms with Gasteiger partial charge in [-0.3, -0.25) is 0 Å². The molecule has 4 aromatic carbocycles. The van der Waals surface area contributed by atoms with Crippen molar-refractivity contribution < 1.29 is 14.3 Å². The number of halogens is 3. The minimum atomic E-state index is -0.493. The molecular formula is C29H18Br2ClNO3. The molecule has 0 N–H and O–H groups in total. The number of hydrogen-bond acceptors (Lipinski definition) is 4. The SMILES string of the molecule is O=C1OC(c2ccc(-c3ccccc3)cc2)=N/C1=C\c1cc(Br)c(OCc2ccc(Cl)cc2)c(Br)c1. The Hall–Kier alpha value is -3.19. The van der Waals surface area contributed by atoms with Crippen LogP contribution < -0.4 is 4.74 Å². The largest absolute Gasteiger partial charge is 0.487 e. The number of aliphatic imine (C=N–C) groups is 1. The highest BCUT2D eigenvalue weighted by Gasteiger charge is 2.24. The molecule has 0 bridgehead atoms. The van der Waals surface area contributed by atoms with E-state index in [1.807, 2.05) is 91.0 Å². The van der Waals surface area contributed by atoms with Crippen LogP contribution in [0.3, 0.4) is 0 Å². The third kappa shape index (κ3) is 5.62. The monoisotopic (exact) mass is 621 g/mol. The number of ether oxygens (including phenoxy) is 2. The lowest BCUT2D eigenvalue weighted by Crippen LogP contribution is -2.05. The van der Waals surface area contributed by atoms with Gasteiger partial charge in [0.1, 0.15) is 12.4 Å². The molecule has 0 atom stereocenters. The topological polar surface area (TPSA) is 47.9 Å². The van der Waals surface area contributed by atoms with Crippen LogP contribution in [0.5, 0.6) is 5.75 Å². The van der Waals surface area contributed by atoms with Gasteiger partial charge in [-0.05, 0) is 96.6 Å². The highest BCUT2D eigenvalue weighted by Crippen LogP contribution is 2.36. The number of rotatable bonds is 6. The van der Waals surface area contributed by atoms with Gasteiger partial charge in [-0.15, -0.1) is 0 Å². The predicted octanol–water partition coefficient (Wildman–Crippen LogP) is 8.46. The van der Waals surface area contributed by atoms with Crippen molar-refractivity contribution in [2.24, 2.45) is 4.99 Å². The zero-order valence-electron chi connectivity index (χ0n) is 18.8. The van der Waals surface area contributed by atoms with E-state index in [0.29, 0.717) is 17.4 Å². The summed E-state index contributed by atoms with van der Waals surface area (Å²) in [5, 5.41) is 0.680. The first-order chi connectivity index (χ1) is 17.5. The molecule has 4 aromatic rings. The summed E-state index contributed by atoms with van der Waals surface area (Å²) in [6, 6.07) is 29.1. The van der Waals surface area contributed by atoms with Gasteiger partial charge in [0.25, 0.3) is 0 Å². The van der Waals surface area contributed by atoms with Gasteiger partial charge in [0, 0.05) is 10.6 Å². The molecule has 0 fully saturated rings. The van der Waals surface area contributed by atoms with Crippen LogP contribution in [0.1, 0.15) is 16.7 Å². The molecule has 0 saturated heterocycles. The van der Waals surface area contributed by atoms with Crippen LogP contribution in [0.2, 0.25) is 5.02 Å². The van der Waals surface area contributed by atoms with Gasteiger partial charge in [-0.2, -0.15) is 0 Å². The first kappa shape index (κ1) is 24.5. The third-order valence-corrected chi connectivity index (χ3v) is 6.91. The van der Waals surface area contributed by atoms with Gasteiger partial charge in [0.2, 0.25) is 5.90 Å². The van der Waals surface area contributed by atoms with E-state index in [9.17, 15) is 4.79 Å². The molecule has 36 heavy (non-hydrogen) atoms. The molecule has 1 heterocycles. The van der Waals surface area contributed by atoms with Crippen molar-refractivity contribution in [2.75, 3.05) is 0 Å². The van der Waals surface area contributed by atoms with Crippen LogP contribution in [0.15, 0.2) is 111 Å². The summed E-state index contributed by atoms with van der Waals surface area (Å²) in [7, 11) is 0. The van der Waals surface area contributed by atoms with Gasteiger partial charge in [0.15, 0.2) is 5.70 Å². The van der Waals surface area contributed by atoms with E-state index in [1.54, 1.807) is 6.08 Å². The first-order valence-electron chi connectivity index (χ1n) is 11.0. The Kier molecular flexibility index (Phi) is 7.37. The minimum Gasteiger partial charge on any atom is -0.487 e. The zero-order chi connectivity index (χ0) is 25.1. The molecule has 178 valence electrons. The number of hydrogen-bond donors (Lipinski definition) is 0. The van der Waals surface area contributed by atoms with Crippen molar-refractivity contribution in [1.29, 1.82) is 0 Å². The maximum absolute atomic E-state index is 12.5. The molecule has 0 unspecified atom stereocenters. The van der Waals surface area contributed by atoms with Crippen molar-refractivity contribution >= 4 is 61.4 Å². The van der Waals surface area contributed by atoms with Crippen molar-refractivity contribution in [1.82, 2.24) is 0 Å². The summed E-state index contributed by atoms with van der Waals surface area (Å²) in [6.45, 7) is 0.387. The molecule has 7 heteroatoms. The molecule has 1 aliphatic heterocycles. The Balaban J connectivity index is 1.33. The fourth-order valence-electron chi connectivity index (χ4n) is 3.66. The quantitative estimate of drug-likeness (QED) is 0.160. The number of cyclic esters (lactones) is 1. The summed E-state index contributed by atoms with van der Waals surface area (Å²) in [5.41, 5.74) is 4.92. The molecule has 1 aliphatic rings. The highest BCUT2D eigenvalue weighted by molar-refractivity contribution is 9.11. The summed E-state index contributed by atoms with van der Waals surface area (Å²) < 4.78 is 12.9. The second kappa shape index (κ2) is 10.8. The molecule has 5 rings (SSSR count). The fraction of sp³-hybridized carbons (Fsp3) is 0.0345. The molecule has 0 aliphatic carbocycles. The van der Waals surface area contributed by atoms with Crippen molar-refractivity contribution in [3.63, 3.8) is 0 Å². The Morgan fingerprint density at radius 3 is 2.11 bits per heavy atom. The maximum Gasteiger partial charge on any atom is 0.363 e. The molecule has 0 aromatic heterocycles. The Morgan fingerprint density at radius 1 is 0.833 bits per heavy atom. The number of carbonyl (C=O) groups is 1. The lowest BCUT2D eigenvalue weighted by molar-refractivity contribution is -0.129. The van der Waals surface area contributed by atoms with Gasteiger partial charge in [-0.1, -0.05) is 66.2 Å². The van der Waals surface area contributed by atoms with E-state index >= 15 is 0 Å². The second-order valence-corrected chi connectivity index (χ2v) is 10.2. The summed E-state index contributed by atoms with van der Waals surface area (Å²) in [5.74, 6) is 0.447. The minimum absolute atomic E-state index is 0.228. The number of esters is 1. The Labute approximate surface area is 230 Å². The van der Waals surface area contributed by atoms with Gasteiger partial charge < -0.3 is 9.47 Å². The van der Waals surface area contributed by atoms with E-state index in [-0.39, 0.29) is 11.6 Å². The number of benzene rings is 4. The predicted molar refractivity (Wildman–Crippen MR) is 150 cm³/mol. The molecule has 4 nitrogen and oxygen atoms in total. The van der Waals surface area contributed by atoms with Crippen LogP contribution in [-0.2, 0) is 16.1 Å². The van der Waals surface area contributed by atoms with E-state index in [2.05, 4.69) is 36.9 Å². The van der Waals surface area contributed by atoms with Gasteiger partial charge in [-0.25, -0.2) is 9.79 Å². The Morgan fingerprint density at radius 2 is 1.44 bits per heavy atom. The van der Waals surface area contributed by atoms with Crippen LogP contribution in [0, 0.1) is 0 Å².